The van der Waals surface area contributed by atoms with Gasteiger partial charge in [0.15, 0.2) is 17.7 Å². The summed E-state index contributed by atoms with van der Waals surface area (Å²) in [6.45, 7) is 7.13. The molecule has 0 heterocycles. The number of hydrogen-bond donors (Lipinski definition) is 2. The van der Waals surface area contributed by atoms with Crippen molar-refractivity contribution in [2.75, 3.05) is 0 Å². The van der Waals surface area contributed by atoms with Gasteiger partial charge in [-0.1, -0.05) is 12.2 Å². The quantitative estimate of drug-likeness (QED) is 0.836. The SMILES string of the molecule is CC(Oc1ccc(C(N)=S)cc1F)C(=O)NC(C)(C)C. The third kappa shape index (κ3) is 4.77. The molecule has 0 aliphatic carbocycles. The van der Waals surface area contributed by atoms with Gasteiger partial charge in [0.2, 0.25) is 0 Å². The normalized spacial score (nSPS) is 12.7. The summed E-state index contributed by atoms with van der Waals surface area (Å²) in [6, 6.07) is 4.14. The molecule has 1 aromatic carbocycles. The van der Waals surface area contributed by atoms with Crippen LogP contribution in [0.15, 0.2) is 18.2 Å². The van der Waals surface area contributed by atoms with Crippen molar-refractivity contribution in [1.29, 1.82) is 0 Å². The highest BCUT2D eigenvalue weighted by atomic mass is 32.1. The van der Waals surface area contributed by atoms with E-state index in [1.54, 1.807) is 13.0 Å². The number of halogens is 1. The van der Waals surface area contributed by atoms with Crippen LogP contribution in [0.5, 0.6) is 5.75 Å². The number of thiocarbonyl (C=S) groups is 1. The van der Waals surface area contributed by atoms with Crippen molar-refractivity contribution >= 4 is 23.1 Å². The highest BCUT2D eigenvalue weighted by Crippen LogP contribution is 2.20. The second kappa shape index (κ2) is 6.17. The third-order valence-electron chi connectivity index (χ3n) is 2.39. The van der Waals surface area contributed by atoms with Crippen LogP contribution < -0.4 is 15.8 Å². The van der Waals surface area contributed by atoms with Gasteiger partial charge >= 0.3 is 0 Å². The summed E-state index contributed by atoms with van der Waals surface area (Å²) in [6.07, 6.45) is -0.806. The number of carbonyl (C=O) groups excluding carboxylic acids is 1. The molecule has 0 aliphatic rings. The molecule has 0 aromatic heterocycles. The first kappa shape index (κ1) is 16.4. The van der Waals surface area contributed by atoms with Crippen molar-refractivity contribution in [3.05, 3.63) is 29.6 Å². The van der Waals surface area contributed by atoms with E-state index in [0.717, 1.165) is 0 Å². The van der Waals surface area contributed by atoms with Gasteiger partial charge in [-0.15, -0.1) is 0 Å². The van der Waals surface area contributed by atoms with Gasteiger partial charge in [0, 0.05) is 11.1 Å². The maximum absolute atomic E-state index is 13.8. The van der Waals surface area contributed by atoms with Crippen LogP contribution >= 0.6 is 12.2 Å². The average molecular weight is 298 g/mol. The van der Waals surface area contributed by atoms with Crippen LogP contribution in [-0.2, 0) is 4.79 Å². The van der Waals surface area contributed by atoms with E-state index < -0.39 is 11.9 Å². The minimum absolute atomic E-state index is 0.0124. The highest BCUT2D eigenvalue weighted by Gasteiger charge is 2.21. The van der Waals surface area contributed by atoms with Crippen LogP contribution in [0.1, 0.15) is 33.3 Å². The molecule has 4 nitrogen and oxygen atoms in total. The van der Waals surface area contributed by atoms with Crippen LogP contribution in [0, 0.1) is 5.82 Å². The van der Waals surface area contributed by atoms with Crippen molar-refractivity contribution in [2.24, 2.45) is 5.73 Å². The summed E-state index contributed by atoms with van der Waals surface area (Å²) < 4.78 is 19.1. The van der Waals surface area contributed by atoms with Crippen molar-refractivity contribution < 1.29 is 13.9 Å². The van der Waals surface area contributed by atoms with Crippen LogP contribution in [0.3, 0.4) is 0 Å². The number of amides is 1. The predicted molar refractivity (Wildman–Crippen MR) is 80.3 cm³/mol. The number of hydrogen-bond acceptors (Lipinski definition) is 3. The van der Waals surface area contributed by atoms with Gasteiger partial charge in [0.05, 0.1) is 0 Å². The second-order valence-electron chi connectivity index (χ2n) is 5.51. The van der Waals surface area contributed by atoms with Crippen LogP contribution in [0.25, 0.3) is 0 Å². The topological polar surface area (TPSA) is 64.3 Å². The summed E-state index contributed by atoms with van der Waals surface area (Å²) in [7, 11) is 0. The molecule has 6 heteroatoms. The molecular formula is C14H19FN2O2S. The molecule has 0 aliphatic heterocycles. The molecule has 3 N–H and O–H groups in total. The Kier molecular flexibility index (Phi) is 5.05. The largest absolute Gasteiger partial charge is 0.478 e. The zero-order valence-corrected chi connectivity index (χ0v) is 12.8. The summed E-state index contributed by atoms with van der Waals surface area (Å²) in [5.74, 6) is -0.928. The predicted octanol–water partition coefficient (Wildman–Crippen LogP) is 2.14. The number of nitrogens with one attached hydrogen (secondary N) is 1. The zero-order valence-electron chi connectivity index (χ0n) is 12.0. The lowest BCUT2D eigenvalue weighted by Crippen LogP contribution is -2.46. The number of ether oxygens (including phenoxy) is 1. The lowest BCUT2D eigenvalue weighted by atomic mass is 10.1. The smallest absolute Gasteiger partial charge is 0.261 e. The fraction of sp³-hybridized carbons (Fsp3) is 0.429. The third-order valence-corrected chi connectivity index (χ3v) is 2.62. The minimum atomic E-state index is -0.806. The Morgan fingerprint density at radius 3 is 2.50 bits per heavy atom. The molecule has 0 spiro atoms. The monoisotopic (exact) mass is 298 g/mol. The van der Waals surface area contributed by atoms with E-state index in [4.69, 9.17) is 22.7 Å². The van der Waals surface area contributed by atoms with E-state index in [1.807, 2.05) is 20.8 Å². The first-order valence-corrected chi connectivity index (χ1v) is 6.59. The molecule has 0 saturated heterocycles. The fourth-order valence-corrected chi connectivity index (χ4v) is 1.59. The van der Waals surface area contributed by atoms with Crippen molar-refractivity contribution in [3.8, 4) is 5.75 Å². The van der Waals surface area contributed by atoms with Gasteiger partial charge in [-0.05, 0) is 45.9 Å². The molecule has 1 aromatic rings. The Morgan fingerprint density at radius 2 is 2.05 bits per heavy atom. The molecule has 0 saturated carbocycles. The summed E-state index contributed by atoms with van der Waals surface area (Å²) >= 11 is 4.76. The molecule has 0 radical (unpaired) electrons. The lowest BCUT2D eigenvalue weighted by molar-refractivity contribution is -0.128. The molecule has 1 atom stereocenters. The van der Waals surface area contributed by atoms with Crippen molar-refractivity contribution in [3.63, 3.8) is 0 Å². The Hall–Kier alpha value is -1.69. The molecule has 0 bridgehead atoms. The maximum atomic E-state index is 13.8. The van der Waals surface area contributed by atoms with Crippen LogP contribution in [0.2, 0.25) is 0 Å². The molecule has 1 unspecified atom stereocenters. The standard InChI is InChI=1S/C14H19FN2O2S/c1-8(13(18)17-14(2,3)4)19-11-6-5-9(12(16)20)7-10(11)15/h5-8H,1-4H3,(H2,16,20)(H,17,18). The Bertz CT molecular complexity index is 526. The molecule has 1 rings (SSSR count). The van der Waals surface area contributed by atoms with Gasteiger partial charge in [-0.25, -0.2) is 4.39 Å². The number of carbonyl (C=O) groups is 1. The van der Waals surface area contributed by atoms with Crippen LogP contribution in [-0.4, -0.2) is 22.5 Å². The van der Waals surface area contributed by atoms with E-state index in [1.165, 1.54) is 12.1 Å². The van der Waals surface area contributed by atoms with Gasteiger partial charge in [-0.2, -0.15) is 0 Å². The number of rotatable bonds is 4. The second-order valence-corrected chi connectivity index (χ2v) is 5.95. The van der Waals surface area contributed by atoms with Crippen molar-refractivity contribution in [1.82, 2.24) is 5.32 Å². The lowest BCUT2D eigenvalue weighted by Gasteiger charge is -2.23. The Balaban J connectivity index is 2.78. The maximum Gasteiger partial charge on any atom is 0.261 e. The fourth-order valence-electron chi connectivity index (χ4n) is 1.46. The zero-order chi connectivity index (χ0) is 15.5. The number of benzene rings is 1. The summed E-state index contributed by atoms with van der Waals surface area (Å²) in [5.41, 5.74) is 5.45. The molecule has 20 heavy (non-hydrogen) atoms. The van der Waals surface area contributed by atoms with Gasteiger partial charge in [0.1, 0.15) is 4.99 Å². The van der Waals surface area contributed by atoms with E-state index in [9.17, 15) is 9.18 Å². The van der Waals surface area contributed by atoms with Gasteiger partial charge in [-0.3, -0.25) is 4.79 Å². The first-order valence-electron chi connectivity index (χ1n) is 6.18. The van der Waals surface area contributed by atoms with Crippen molar-refractivity contribution in [2.45, 2.75) is 39.3 Å². The van der Waals surface area contributed by atoms with Gasteiger partial charge < -0.3 is 15.8 Å². The van der Waals surface area contributed by atoms with E-state index in [-0.39, 0.29) is 22.2 Å². The summed E-state index contributed by atoms with van der Waals surface area (Å²) in [4.78, 5) is 12.0. The first-order chi connectivity index (χ1) is 9.10. The average Bonchev–Trinajstić information content (AvgIpc) is 2.29. The minimum Gasteiger partial charge on any atom is -0.478 e. The van der Waals surface area contributed by atoms with E-state index in [2.05, 4.69) is 5.32 Å². The molecular weight excluding hydrogens is 279 g/mol. The molecule has 110 valence electrons. The van der Waals surface area contributed by atoms with Gasteiger partial charge in [0.25, 0.3) is 5.91 Å². The van der Waals surface area contributed by atoms with Crippen LogP contribution in [0.4, 0.5) is 4.39 Å². The number of nitrogens with two attached hydrogens (primary N) is 1. The van der Waals surface area contributed by atoms with E-state index in [0.29, 0.717) is 5.56 Å². The van der Waals surface area contributed by atoms with E-state index >= 15 is 0 Å². The highest BCUT2D eigenvalue weighted by molar-refractivity contribution is 7.80. The Morgan fingerprint density at radius 1 is 1.45 bits per heavy atom. The Labute approximate surface area is 123 Å². The molecule has 0 fully saturated rings. The molecule has 1 amide bonds. The summed E-state index contributed by atoms with van der Waals surface area (Å²) in [5, 5.41) is 2.76.